The quantitative estimate of drug-likeness (QED) is 0.531. The van der Waals surface area contributed by atoms with Crippen molar-refractivity contribution in [2.75, 3.05) is 0 Å². The topological polar surface area (TPSA) is 9.23 Å². The summed E-state index contributed by atoms with van der Waals surface area (Å²) in [6.45, 7) is 4.27. The summed E-state index contributed by atoms with van der Waals surface area (Å²) in [6.07, 6.45) is 5.63. The molecule has 26 heavy (non-hydrogen) atoms. The zero-order chi connectivity index (χ0) is 18.7. The van der Waals surface area contributed by atoms with Gasteiger partial charge in [0.25, 0.3) is 0 Å². The van der Waals surface area contributed by atoms with Gasteiger partial charge in [-0.15, -0.1) is 0 Å². The van der Waals surface area contributed by atoms with E-state index in [9.17, 15) is 13.2 Å². The molecule has 1 aromatic carbocycles. The molecule has 0 saturated heterocycles. The van der Waals surface area contributed by atoms with E-state index in [1.54, 1.807) is 0 Å². The van der Waals surface area contributed by atoms with E-state index in [0.29, 0.717) is 17.2 Å². The van der Waals surface area contributed by atoms with Gasteiger partial charge in [0.2, 0.25) is 0 Å². The lowest BCUT2D eigenvalue weighted by Gasteiger charge is -2.32. The Morgan fingerprint density at radius 3 is 2.27 bits per heavy atom. The van der Waals surface area contributed by atoms with Crippen LogP contribution in [0.15, 0.2) is 12.1 Å². The lowest BCUT2D eigenvalue weighted by atomic mass is 9.75. The van der Waals surface area contributed by atoms with E-state index in [1.165, 1.54) is 12.5 Å². The van der Waals surface area contributed by atoms with Gasteiger partial charge in [0.15, 0.2) is 0 Å². The van der Waals surface area contributed by atoms with Gasteiger partial charge in [0.05, 0.1) is 11.7 Å². The van der Waals surface area contributed by atoms with Crippen molar-refractivity contribution >= 4 is 0 Å². The second-order valence-electron chi connectivity index (χ2n) is 8.12. The van der Waals surface area contributed by atoms with Crippen LogP contribution in [0.2, 0.25) is 0 Å². The van der Waals surface area contributed by atoms with Gasteiger partial charge in [-0.3, -0.25) is 0 Å². The molecule has 1 saturated carbocycles. The second-order valence-corrected chi connectivity index (χ2v) is 8.12. The molecule has 0 N–H and O–H groups in total. The van der Waals surface area contributed by atoms with Crippen molar-refractivity contribution in [3.63, 3.8) is 0 Å². The molecular weight excluding hydrogens is 337 g/mol. The monoisotopic (exact) mass is 368 g/mol. The molecule has 3 rings (SSSR count). The van der Waals surface area contributed by atoms with Crippen molar-refractivity contribution in [3.05, 3.63) is 28.8 Å². The molecule has 1 aliphatic carbocycles. The van der Waals surface area contributed by atoms with Crippen molar-refractivity contribution in [2.24, 2.45) is 5.92 Å². The van der Waals surface area contributed by atoms with Gasteiger partial charge in [-0.25, -0.2) is 0 Å². The van der Waals surface area contributed by atoms with Crippen LogP contribution in [0.5, 0.6) is 5.75 Å². The van der Waals surface area contributed by atoms with Gasteiger partial charge in [-0.1, -0.05) is 39.2 Å². The summed E-state index contributed by atoms with van der Waals surface area (Å²) in [4.78, 5) is 0. The van der Waals surface area contributed by atoms with Gasteiger partial charge < -0.3 is 4.74 Å². The predicted molar refractivity (Wildman–Crippen MR) is 98.7 cm³/mol. The third kappa shape index (κ3) is 4.37. The van der Waals surface area contributed by atoms with Gasteiger partial charge in [0, 0.05) is 0 Å². The standard InChI is InChI=1S/C22H31F3O/c1-3-5-15-7-9-16(10-8-15)19-13-17-11-12-18(6-4-2)26-21(17)14-20(19)22(23,24)25/h13-16,18H,3-12H2,1-2H3. The molecule has 0 radical (unpaired) electrons. The third-order valence-electron chi connectivity index (χ3n) is 6.16. The molecule has 2 aliphatic rings. The highest BCUT2D eigenvalue weighted by atomic mass is 19.4. The van der Waals surface area contributed by atoms with E-state index in [-0.39, 0.29) is 12.0 Å². The first-order valence-corrected chi connectivity index (χ1v) is 10.3. The number of rotatable bonds is 5. The van der Waals surface area contributed by atoms with E-state index in [1.807, 2.05) is 6.07 Å². The van der Waals surface area contributed by atoms with Crippen LogP contribution < -0.4 is 4.74 Å². The van der Waals surface area contributed by atoms with Crippen LogP contribution in [-0.2, 0) is 12.6 Å². The molecule has 1 atom stereocenters. The number of alkyl halides is 3. The summed E-state index contributed by atoms with van der Waals surface area (Å²) in [6, 6.07) is 3.12. The molecule has 1 fully saturated rings. The largest absolute Gasteiger partial charge is 0.490 e. The highest BCUT2D eigenvalue weighted by Gasteiger charge is 2.38. The molecule has 1 heterocycles. The Morgan fingerprint density at radius 2 is 1.65 bits per heavy atom. The van der Waals surface area contributed by atoms with Crippen molar-refractivity contribution in [2.45, 2.75) is 96.3 Å². The maximum absolute atomic E-state index is 13.8. The van der Waals surface area contributed by atoms with E-state index < -0.39 is 11.7 Å². The van der Waals surface area contributed by atoms with Gasteiger partial charge >= 0.3 is 6.18 Å². The summed E-state index contributed by atoms with van der Waals surface area (Å²) in [5, 5.41) is 0. The summed E-state index contributed by atoms with van der Waals surface area (Å²) in [5.41, 5.74) is 1.02. The molecular formula is C22H31F3O. The fourth-order valence-corrected chi connectivity index (χ4v) is 4.78. The lowest BCUT2D eigenvalue weighted by molar-refractivity contribution is -0.138. The minimum absolute atomic E-state index is 0.0402. The number of hydrogen-bond acceptors (Lipinski definition) is 1. The molecule has 146 valence electrons. The van der Waals surface area contributed by atoms with Gasteiger partial charge in [-0.05, 0) is 74.0 Å². The Morgan fingerprint density at radius 1 is 0.962 bits per heavy atom. The number of aryl methyl sites for hydroxylation is 1. The van der Waals surface area contributed by atoms with Crippen LogP contribution in [0.3, 0.4) is 0 Å². The minimum Gasteiger partial charge on any atom is -0.490 e. The Hall–Kier alpha value is -1.19. The Labute approximate surface area is 155 Å². The van der Waals surface area contributed by atoms with Crippen LogP contribution in [-0.4, -0.2) is 6.10 Å². The smallest absolute Gasteiger partial charge is 0.416 e. The SMILES string of the molecule is CCCC1CCC(c2cc3c(cc2C(F)(F)F)OC(CCC)CC3)CC1. The minimum atomic E-state index is -4.31. The molecule has 0 aromatic heterocycles. The van der Waals surface area contributed by atoms with E-state index >= 15 is 0 Å². The normalized spacial score (nSPS) is 26.3. The number of benzene rings is 1. The Balaban J connectivity index is 1.86. The first kappa shape index (κ1) is 19.6. The van der Waals surface area contributed by atoms with E-state index in [0.717, 1.165) is 63.4 Å². The average Bonchev–Trinajstić information content (AvgIpc) is 2.61. The number of ether oxygens (including phenoxy) is 1. The van der Waals surface area contributed by atoms with Crippen molar-refractivity contribution in [1.82, 2.24) is 0 Å². The van der Waals surface area contributed by atoms with Crippen molar-refractivity contribution in [3.8, 4) is 5.75 Å². The molecule has 4 heteroatoms. The summed E-state index contributed by atoms with van der Waals surface area (Å²) < 4.78 is 47.2. The maximum Gasteiger partial charge on any atom is 0.416 e. The van der Waals surface area contributed by atoms with Crippen molar-refractivity contribution < 1.29 is 17.9 Å². The molecule has 1 aliphatic heterocycles. The molecule has 1 nitrogen and oxygen atoms in total. The Kier molecular flexibility index (Phi) is 6.19. The van der Waals surface area contributed by atoms with Crippen LogP contribution in [0, 0.1) is 5.92 Å². The van der Waals surface area contributed by atoms with E-state index in [4.69, 9.17) is 4.74 Å². The molecule has 1 unspecified atom stereocenters. The van der Waals surface area contributed by atoms with Gasteiger partial charge in [0.1, 0.15) is 5.75 Å². The fourth-order valence-electron chi connectivity index (χ4n) is 4.78. The first-order valence-electron chi connectivity index (χ1n) is 10.3. The third-order valence-corrected chi connectivity index (χ3v) is 6.16. The highest BCUT2D eigenvalue weighted by molar-refractivity contribution is 5.47. The average molecular weight is 368 g/mol. The van der Waals surface area contributed by atoms with Gasteiger partial charge in [-0.2, -0.15) is 13.2 Å². The second kappa shape index (κ2) is 8.22. The predicted octanol–water partition coefficient (Wildman–Crippen LogP) is 7.27. The lowest BCUT2D eigenvalue weighted by Crippen LogP contribution is -2.24. The first-order chi connectivity index (χ1) is 12.4. The van der Waals surface area contributed by atoms with Crippen LogP contribution in [0.1, 0.15) is 94.2 Å². The molecule has 1 aromatic rings. The molecule has 0 amide bonds. The number of hydrogen-bond donors (Lipinski definition) is 0. The fraction of sp³-hybridized carbons (Fsp3) is 0.727. The van der Waals surface area contributed by atoms with Crippen molar-refractivity contribution in [1.29, 1.82) is 0 Å². The van der Waals surface area contributed by atoms with Crippen LogP contribution >= 0.6 is 0 Å². The summed E-state index contributed by atoms with van der Waals surface area (Å²) in [7, 11) is 0. The van der Waals surface area contributed by atoms with E-state index in [2.05, 4.69) is 13.8 Å². The summed E-state index contributed by atoms with van der Waals surface area (Å²) in [5.74, 6) is 1.20. The zero-order valence-corrected chi connectivity index (χ0v) is 16.0. The summed E-state index contributed by atoms with van der Waals surface area (Å²) >= 11 is 0. The molecule has 0 spiro atoms. The van der Waals surface area contributed by atoms with Crippen LogP contribution in [0.25, 0.3) is 0 Å². The van der Waals surface area contributed by atoms with Crippen LogP contribution in [0.4, 0.5) is 13.2 Å². The number of halogens is 3. The number of fused-ring (bicyclic) bond motifs is 1. The zero-order valence-electron chi connectivity index (χ0n) is 16.0. The highest BCUT2D eigenvalue weighted by Crippen LogP contribution is 2.46. The Bertz CT molecular complexity index is 600. The maximum atomic E-state index is 13.8. The molecule has 0 bridgehead atoms.